The Hall–Kier alpha value is -3.21. The molecule has 0 unspecified atom stereocenters. The third kappa shape index (κ3) is 3.88. The molecular formula is C14H18ClN11. The smallest absolute Gasteiger partial charge is 0.226 e. The molecule has 0 aliphatic heterocycles. The van der Waals surface area contributed by atoms with Crippen molar-refractivity contribution in [3.8, 4) is 0 Å². The van der Waals surface area contributed by atoms with Gasteiger partial charge in [-0.25, -0.2) is 9.97 Å². The lowest BCUT2D eigenvalue weighted by Gasteiger charge is -2.03. The Kier molecular flexibility index (Phi) is 5.27. The molecule has 0 saturated heterocycles. The van der Waals surface area contributed by atoms with Crippen molar-refractivity contribution >= 4 is 51.5 Å². The fourth-order valence-corrected chi connectivity index (χ4v) is 2.31. The molecule has 0 radical (unpaired) electrons. The van der Waals surface area contributed by atoms with Crippen LogP contribution < -0.4 is 16.8 Å². The molecule has 0 saturated carbocycles. The van der Waals surface area contributed by atoms with Gasteiger partial charge in [-0.3, -0.25) is 0 Å². The van der Waals surface area contributed by atoms with Crippen molar-refractivity contribution in [3.63, 3.8) is 0 Å². The largest absolute Gasteiger partial charge is 0.382 e. The Labute approximate surface area is 153 Å². The van der Waals surface area contributed by atoms with Gasteiger partial charge in [-0.2, -0.15) is 19.9 Å². The van der Waals surface area contributed by atoms with Gasteiger partial charge in [0.25, 0.3) is 0 Å². The molecule has 136 valence electrons. The summed E-state index contributed by atoms with van der Waals surface area (Å²) >= 11 is 5.52. The normalized spacial score (nSPS) is 10.7. The van der Waals surface area contributed by atoms with E-state index in [1.807, 2.05) is 0 Å². The first-order chi connectivity index (χ1) is 12.6. The first-order valence-electron chi connectivity index (χ1n) is 7.91. The number of rotatable bonds is 4. The van der Waals surface area contributed by atoms with Crippen molar-refractivity contribution in [1.82, 2.24) is 39.9 Å². The highest BCUT2D eigenvalue weighted by Crippen LogP contribution is 2.15. The standard InChI is InChI=1S/C9H14N6.C5H4ClN5/c1-2-3-4-11-9-14-7(10)6-8(15-9)13-5-12-6;6-5-10-3(7)2-4(11-5)9-1-8-2/h5H,2-4H2,1H3,(H4,10,11,12,13,14,15);1H,(H3,7,8,9,10,11). The highest BCUT2D eigenvalue weighted by molar-refractivity contribution is 6.28. The molecule has 26 heavy (non-hydrogen) atoms. The number of anilines is 3. The van der Waals surface area contributed by atoms with Crippen molar-refractivity contribution in [2.45, 2.75) is 19.8 Å². The molecule has 7 N–H and O–H groups in total. The van der Waals surface area contributed by atoms with Crippen LogP contribution >= 0.6 is 11.6 Å². The number of nitrogens with zero attached hydrogens (tertiary/aromatic N) is 6. The number of hydrogen-bond donors (Lipinski definition) is 5. The number of imidazole rings is 2. The second-order valence-corrected chi connectivity index (χ2v) is 5.63. The lowest BCUT2D eigenvalue weighted by atomic mass is 10.3. The van der Waals surface area contributed by atoms with E-state index in [9.17, 15) is 0 Å². The highest BCUT2D eigenvalue weighted by Gasteiger charge is 2.06. The minimum absolute atomic E-state index is 0.113. The Balaban J connectivity index is 0.000000158. The number of H-pyrrole nitrogens is 2. The van der Waals surface area contributed by atoms with E-state index in [0.29, 0.717) is 39.9 Å². The number of aromatic amines is 2. The highest BCUT2D eigenvalue weighted by atomic mass is 35.5. The topological polar surface area (TPSA) is 173 Å². The van der Waals surface area contributed by atoms with Gasteiger partial charge < -0.3 is 26.8 Å². The number of nitrogens with two attached hydrogens (primary N) is 2. The van der Waals surface area contributed by atoms with Crippen LogP contribution in [0, 0.1) is 0 Å². The molecule has 0 spiro atoms. The second-order valence-electron chi connectivity index (χ2n) is 5.29. The van der Waals surface area contributed by atoms with E-state index < -0.39 is 0 Å². The molecule has 12 heteroatoms. The summed E-state index contributed by atoms with van der Waals surface area (Å²) in [7, 11) is 0. The Bertz CT molecular complexity index is 1010. The van der Waals surface area contributed by atoms with Crippen LogP contribution in [0.5, 0.6) is 0 Å². The number of unbranched alkanes of at least 4 members (excludes halogenated alkanes) is 1. The number of halogens is 1. The first kappa shape index (κ1) is 17.6. The van der Waals surface area contributed by atoms with Gasteiger partial charge in [-0.1, -0.05) is 13.3 Å². The van der Waals surface area contributed by atoms with E-state index in [1.54, 1.807) is 6.33 Å². The molecule has 11 nitrogen and oxygen atoms in total. The minimum atomic E-state index is 0.113. The fraction of sp³-hybridized carbons (Fsp3) is 0.286. The molecule has 0 bridgehead atoms. The predicted molar refractivity (Wildman–Crippen MR) is 101 cm³/mol. The minimum Gasteiger partial charge on any atom is -0.382 e. The summed E-state index contributed by atoms with van der Waals surface area (Å²) in [4.78, 5) is 29.5. The van der Waals surface area contributed by atoms with E-state index in [-0.39, 0.29) is 5.28 Å². The monoisotopic (exact) mass is 375 g/mol. The first-order valence-corrected chi connectivity index (χ1v) is 8.28. The Morgan fingerprint density at radius 2 is 1.58 bits per heavy atom. The molecule has 4 aromatic rings. The SMILES string of the molecule is CCCCNc1nc(N)c2[nH]cnc2n1.Nc1nc(Cl)nc2nc[nH]c12. The van der Waals surface area contributed by atoms with Gasteiger partial charge in [0, 0.05) is 6.54 Å². The lowest BCUT2D eigenvalue weighted by Crippen LogP contribution is -2.06. The summed E-state index contributed by atoms with van der Waals surface area (Å²) in [5, 5.41) is 3.23. The van der Waals surface area contributed by atoms with Crippen molar-refractivity contribution in [3.05, 3.63) is 17.9 Å². The number of aromatic nitrogens is 8. The lowest BCUT2D eigenvalue weighted by molar-refractivity contribution is 0.827. The van der Waals surface area contributed by atoms with Gasteiger partial charge in [-0.05, 0) is 18.0 Å². The third-order valence-electron chi connectivity index (χ3n) is 3.41. The van der Waals surface area contributed by atoms with Crippen molar-refractivity contribution in [1.29, 1.82) is 0 Å². The summed E-state index contributed by atoms with van der Waals surface area (Å²) < 4.78 is 0. The maximum absolute atomic E-state index is 5.74. The van der Waals surface area contributed by atoms with Gasteiger partial charge in [0.15, 0.2) is 22.9 Å². The third-order valence-corrected chi connectivity index (χ3v) is 3.58. The molecular weight excluding hydrogens is 358 g/mol. The van der Waals surface area contributed by atoms with Crippen LogP contribution in [0.1, 0.15) is 19.8 Å². The molecule has 4 rings (SSSR count). The maximum Gasteiger partial charge on any atom is 0.226 e. The van der Waals surface area contributed by atoms with Crippen LogP contribution in [0.25, 0.3) is 22.3 Å². The van der Waals surface area contributed by atoms with Crippen LogP contribution in [-0.2, 0) is 0 Å². The Morgan fingerprint density at radius 1 is 0.962 bits per heavy atom. The zero-order chi connectivity index (χ0) is 18.5. The summed E-state index contributed by atoms with van der Waals surface area (Å²) in [5.74, 6) is 1.29. The summed E-state index contributed by atoms with van der Waals surface area (Å²) in [6.45, 7) is 2.99. The molecule has 0 atom stereocenters. The molecule has 0 fully saturated rings. The Morgan fingerprint density at radius 3 is 2.23 bits per heavy atom. The molecule has 4 aromatic heterocycles. The molecule has 0 aromatic carbocycles. The van der Waals surface area contributed by atoms with E-state index in [0.717, 1.165) is 19.4 Å². The van der Waals surface area contributed by atoms with Crippen molar-refractivity contribution in [2.75, 3.05) is 23.3 Å². The van der Waals surface area contributed by atoms with E-state index in [1.165, 1.54) is 6.33 Å². The molecule has 0 aliphatic carbocycles. The van der Waals surface area contributed by atoms with Crippen molar-refractivity contribution < 1.29 is 0 Å². The summed E-state index contributed by atoms with van der Waals surface area (Å²) in [5.41, 5.74) is 13.6. The molecule has 0 aliphatic rings. The van der Waals surface area contributed by atoms with Gasteiger partial charge in [-0.15, -0.1) is 0 Å². The number of fused-ring (bicyclic) bond motifs is 2. The predicted octanol–water partition coefficient (Wildman–Crippen LogP) is 1.74. The fourth-order valence-electron chi connectivity index (χ4n) is 2.14. The van der Waals surface area contributed by atoms with E-state index in [2.05, 4.69) is 52.1 Å². The quantitative estimate of drug-likeness (QED) is 0.263. The summed E-state index contributed by atoms with van der Waals surface area (Å²) in [6.07, 6.45) is 5.27. The van der Waals surface area contributed by atoms with E-state index in [4.69, 9.17) is 23.1 Å². The van der Waals surface area contributed by atoms with Crippen LogP contribution in [0.2, 0.25) is 5.28 Å². The molecule has 4 heterocycles. The van der Waals surface area contributed by atoms with Gasteiger partial charge >= 0.3 is 0 Å². The van der Waals surface area contributed by atoms with Crippen molar-refractivity contribution in [2.24, 2.45) is 0 Å². The number of nitrogens with one attached hydrogen (secondary N) is 3. The van der Waals surface area contributed by atoms with Crippen LogP contribution in [-0.4, -0.2) is 46.4 Å². The second kappa shape index (κ2) is 7.78. The van der Waals surface area contributed by atoms with Gasteiger partial charge in [0.05, 0.1) is 12.7 Å². The summed E-state index contributed by atoms with van der Waals surface area (Å²) in [6, 6.07) is 0. The van der Waals surface area contributed by atoms with Gasteiger partial charge in [0.1, 0.15) is 11.0 Å². The van der Waals surface area contributed by atoms with E-state index >= 15 is 0 Å². The average molecular weight is 376 g/mol. The number of nitrogen functional groups attached to an aromatic ring is 2. The van der Waals surface area contributed by atoms with Crippen LogP contribution in [0.15, 0.2) is 12.7 Å². The van der Waals surface area contributed by atoms with Crippen LogP contribution in [0.3, 0.4) is 0 Å². The number of hydrogen-bond acceptors (Lipinski definition) is 9. The average Bonchev–Trinajstić information content (AvgIpc) is 3.25. The maximum atomic E-state index is 5.74. The molecule has 0 amide bonds. The van der Waals surface area contributed by atoms with Crippen LogP contribution in [0.4, 0.5) is 17.6 Å². The zero-order valence-corrected chi connectivity index (χ0v) is 14.7. The zero-order valence-electron chi connectivity index (χ0n) is 14.0. The van der Waals surface area contributed by atoms with Gasteiger partial charge in [0.2, 0.25) is 11.2 Å².